The molecule has 1 amide bonds. The maximum atomic E-state index is 12.0. The van der Waals surface area contributed by atoms with Gasteiger partial charge in [0.15, 0.2) is 0 Å². The van der Waals surface area contributed by atoms with Crippen LogP contribution in [0.15, 0.2) is 24.3 Å². The monoisotopic (exact) mass is 262 g/mol. The molecule has 3 N–H and O–H groups in total. The van der Waals surface area contributed by atoms with E-state index in [1.807, 2.05) is 13.8 Å². The Morgan fingerprint density at radius 3 is 2.32 bits per heavy atom. The van der Waals surface area contributed by atoms with E-state index in [0.29, 0.717) is 12.3 Å². The average Bonchev–Trinajstić information content (AvgIpc) is 2.37. The van der Waals surface area contributed by atoms with Gasteiger partial charge in [0, 0.05) is 12.5 Å². The number of amides is 1. The highest BCUT2D eigenvalue weighted by molar-refractivity contribution is 5.77. The van der Waals surface area contributed by atoms with Crippen LogP contribution >= 0.6 is 0 Å². The molecule has 3 heteroatoms. The van der Waals surface area contributed by atoms with E-state index in [9.17, 15) is 4.79 Å². The van der Waals surface area contributed by atoms with Gasteiger partial charge in [0.05, 0.1) is 6.04 Å². The lowest BCUT2D eigenvalue weighted by Crippen LogP contribution is -2.36. The highest BCUT2D eigenvalue weighted by Gasteiger charge is 2.16. The van der Waals surface area contributed by atoms with Crippen LogP contribution in [0, 0.1) is 12.8 Å². The SMILES string of the molecule is CCC(NC(=O)CC(N)C(C)C)c1ccc(C)cc1. The molecule has 0 radical (unpaired) electrons. The molecule has 0 spiro atoms. The highest BCUT2D eigenvalue weighted by Crippen LogP contribution is 2.17. The van der Waals surface area contributed by atoms with Crippen molar-refractivity contribution in [2.24, 2.45) is 11.7 Å². The summed E-state index contributed by atoms with van der Waals surface area (Å²) in [5.41, 5.74) is 8.31. The molecule has 2 unspecified atom stereocenters. The zero-order chi connectivity index (χ0) is 14.4. The predicted octanol–water partition coefficient (Wildman–Crippen LogP) is 2.94. The van der Waals surface area contributed by atoms with E-state index in [1.54, 1.807) is 0 Å². The number of hydrogen-bond donors (Lipinski definition) is 2. The van der Waals surface area contributed by atoms with Crippen molar-refractivity contribution in [2.75, 3.05) is 0 Å². The van der Waals surface area contributed by atoms with Crippen molar-refractivity contribution >= 4 is 5.91 Å². The molecule has 0 bridgehead atoms. The molecule has 0 heterocycles. The fourth-order valence-corrected chi connectivity index (χ4v) is 1.92. The van der Waals surface area contributed by atoms with Crippen LogP contribution in [0.25, 0.3) is 0 Å². The van der Waals surface area contributed by atoms with Crippen LogP contribution in [0.2, 0.25) is 0 Å². The van der Waals surface area contributed by atoms with Gasteiger partial charge < -0.3 is 11.1 Å². The summed E-state index contributed by atoms with van der Waals surface area (Å²) >= 11 is 0. The largest absolute Gasteiger partial charge is 0.349 e. The molecule has 0 aliphatic carbocycles. The van der Waals surface area contributed by atoms with Gasteiger partial charge in [-0.05, 0) is 24.8 Å². The fraction of sp³-hybridized carbons (Fsp3) is 0.562. The summed E-state index contributed by atoms with van der Waals surface area (Å²) in [4.78, 5) is 12.0. The van der Waals surface area contributed by atoms with Gasteiger partial charge in [-0.1, -0.05) is 50.6 Å². The third kappa shape index (κ3) is 5.03. The van der Waals surface area contributed by atoms with Crippen LogP contribution in [0.1, 0.15) is 50.8 Å². The van der Waals surface area contributed by atoms with E-state index < -0.39 is 0 Å². The van der Waals surface area contributed by atoms with Gasteiger partial charge in [-0.3, -0.25) is 4.79 Å². The summed E-state index contributed by atoms with van der Waals surface area (Å²) in [6, 6.07) is 8.30. The number of aryl methyl sites for hydroxylation is 1. The Morgan fingerprint density at radius 2 is 1.84 bits per heavy atom. The molecular weight excluding hydrogens is 236 g/mol. The molecule has 0 saturated carbocycles. The molecule has 106 valence electrons. The molecular formula is C16H26N2O. The molecule has 19 heavy (non-hydrogen) atoms. The topological polar surface area (TPSA) is 55.1 Å². The van der Waals surface area contributed by atoms with Crippen molar-refractivity contribution < 1.29 is 4.79 Å². The summed E-state index contributed by atoms with van der Waals surface area (Å²) in [5.74, 6) is 0.360. The molecule has 1 aromatic rings. The molecule has 2 atom stereocenters. The van der Waals surface area contributed by atoms with Gasteiger partial charge in [-0.15, -0.1) is 0 Å². The second-order valence-electron chi connectivity index (χ2n) is 5.55. The van der Waals surface area contributed by atoms with Crippen molar-refractivity contribution in [1.29, 1.82) is 0 Å². The first kappa shape index (κ1) is 15.7. The summed E-state index contributed by atoms with van der Waals surface area (Å²) in [7, 11) is 0. The van der Waals surface area contributed by atoms with Crippen molar-refractivity contribution in [2.45, 2.75) is 52.6 Å². The van der Waals surface area contributed by atoms with Crippen molar-refractivity contribution in [3.63, 3.8) is 0 Å². The molecule has 0 fully saturated rings. The van der Waals surface area contributed by atoms with Gasteiger partial charge in [-0.25, -0.2) is 0 Å². The zero-order valence-corrected chi connectivity index (χ0v) is 12.4. The Balaban J connectivity index is 2.62. The molecule has 1 rings (SSSR count). The van der Waals surface area contributed by atoms with Gasteiger partial charge in [0.1, 0.15) is 0 Å². The highest BCUT2D eigenvalue weighted by atomic mass is 16.1. The first-order valence-electron chi connectivity index (χ1n) is 7.05. The predicted molar refractivity (Wildman–Crippen MR) is 79.8 cm³/mol. The van der Waals surface area contributed by atoms with Gasteiger partial charge in [0.2, 0.25) is 5.91 Å². The van der Waals surface area contributed by atoms with Crippen LogP contribution < -0.4 is 11.1 Å². The van der Waals surface area contributed by atoms with E-state index >= 15 is 0 Å². The second kappa shape index (κ2) is 7.29. The first-order chi connectivity index (χ1) is 8.93. The summed E-state index contributed by atoms with van der Waals surface area (Å²) in [6.45, 7) is 8.21. The van der Waals surface area contributed by atoms with Gasteiger partial charge >= 0.3 is 0 Å². The minimum Gasteiger partial charge on any atom is -0.349 e. The van der Waals surface area contributed by atoms with E-state index in [1.165, 1.54) is 5.56 Å². The smallest absolute Gasteiger partial charge is 0.222 e. The van der Waals surface area contributed by atoms with Gasteiger partial charge in [-0.2, -0.15) is 0 Å². The summed E-state index contributed by atoms with van der Waals surface area (Å²) in [5, 5.41) is 3.07. The number of carbonyl (C=O) groups excluding carboxylic acids is 1. The molecule has 3 nitrogen and oxygen atoms in total. The summed E-state index contributed by atoms with van der Waals surface area (Å²) < 4.78 is 0. The van der Waals surface area contributed by atoms with E-state index in [4.69, 9.17) is 5.73 Å². The van der Waals surface area contributed by atoms with Crippen LogP contribution in [-0.2, 0) is 4.79 Å². The lowest BCUT2D eigenvalue weighted by atomic mass is 10.00. The number of carbonyl (C=O) groups is 1. The molecule has 0 aliphatic heterocycles. The normalized spacial score (nSPS) is 14.2. The Bertz CT molecular complexity index is 398. The molecule has 1 aromatic carbocycles. The average molecular weight is 262 g/mol. The zero-order valence-electron chi connectivity index (χ0n) is 12.4. The molecule has 0 aliphatic rings. The number of hydrogen-bond acceptors (Lipinski definition) is 2. The first-order valence-corrected chi connectivity index (χ1v) is 7.05. The van der Waals surface area contributed by atoms with Crippen LogP contribution in [0.4, 0.5) is 0 Å². The van der Waals surface area contributed by atoms with E-state index in [-0.39, 0.29) is 18.0 Å². The van der Waals surface area contributed by atoms with Crippen molar-refractivity contribution in [1.82, 2.24) is 5.32 Å². The van der Waals surface area contributed by atoms with Gasteiger partial charge in [0.25, 0.3) is 0 Å². The van der Waals surface area contributed by atoms with Crippen LogP contribution in [0.5, 0.6) is 0 Å². The Labute approximate surface area is 116 Å². The molecule has 0 aromatic heterocycles. The van der Waals surface area contributed by atoms with E-state index in [0.717, 1.165) is 12.0 Å². The lowest BCUT2D eigenvalue weighted by Gasteiger charge is -2.20. The number of nitrogens with one attached hydrogen (secondary N) is 1. The standard InChI is InChI=1S/C16H26N2O/c1-5-15(13-8-6-12(4)7-9-13)18-16(19)10-14(17)11(2)3/h6-9,11,14-15H,5,10,17H2,1-4H3,(H,18,19). The Hall–Kier alpha value is -1.35. The third-order valence-electron chi connectivity index (χ3n) is 3.50. The maximum Gasteiger partial charge on any atom is 0.222 e. The number of nitrogens with two attached hydrogens (primary N) is 1. The van der Waals surface area contributed by atoms with E-state index in [2.05, 4.69) is 43.4 Å². The molecule has 0 saturated heterocycles. The fourth-order valence-electron chi connectivity index (χ4n) is 1.92. The van der Waals surface area contributed by atoms with Crippen molar-refractivity contribution in [3.05, 3.63) is 35.4 Å². The van der Waals surface area contributed by atoms with Crippen LogP contribution in [-0.4, -0.2) is 11.9 Å². The Kier molecular flexibility index (Phi) is 6.03. The number of benzene rings is 1. The van der Waals surface area contributed by atoms with Crippen molar-refractivity contribution in [3.8, 4) is 0 Å². The second-order valence-corrected chi connectivity index (χ2v) is 5.55. The van der Waals surface area contributed by atoms with Crippen LogP contribution in [0.3, 0.4) is 0 Å². The minimum absolute atomic E-state index is 0.0358. The Morgan fingerprint density at radius 1 is 1.26 bits per heavy atom. The maximum absolute atomic E-state index is 12.0. The third-order valence-corrected chi connectivity index (χ3v) is 3.50. The minimum atomic E-state index is -0.0736. The summed E-state index contributed by atoms with van der Waals surface area (Å²) in [6.07, 6.45) is 1.27. The lowest BCUT2D eigenvalue weighted by molar-refractivity contribution is -0.122. The quantitative estimate of drug-likeness (QED) is 0.828. The number of rotatable bonds is 6.